The van der Waals surface area contributed by atoms with E-state index >= 15 is 0 Å². The van der Waals surface area contributed by atoms with E-state index in [1.165, 1.54) is 27.5 Å². The Labute approximate surface area is 165 Å². The molecule has 4 aromatic carbocycles. The highest BCUT2D eigenvalue weighted by Crippen LogP contribution is 2.34. The highest BCUT2D eigenvalue weighted by atomic mass is 16.5. The van der Waals surface area contributed by atoms with E-state index < -0.39 is 0 Å². The van der Waals surface area contributed by atoms with Crippen molar-refractivity contribution in [1.29, 1.82) is 0 Å². The Morgan fingerprint density at radius 2 is 1.39 bits per heavy atom. The summed E-state index contributed by atoms with van der Waals surface area (Å²) in [5.74, 6) is 0.868. The van der Waals surface area contributed by atoms with E-state index in [1.807, 2.05) is 0 Å². The van der Waals surface area contributed by atoms with Crippen LogP contribution < -0.4 is 20.7 Å². The molecule has 1 aliphatic heterocycles. The third-order valence-corrected chi connectivity index (χ3v) is 5.43. The van der Waals surface area contributed by atoms with Crippen LogP contribution in [0.2, 0.25) is 0 Å². The number of hydrogen-bond acceptors (Lipinski definition) is 3. The monoisotopic (exact) mass is 364 g/mol. The van der Waals surface area contributed by atoms with E-state index in [9.17, 15) is 0 Å². The van der Waals surface area contributed by atoms with Crippen molar-refractivity contribution in [2.24, 2.45) is 0 Å². The number of rotatable bonds is 3. The van der Waals surface area contributed by atoms with Crippen LogP contribution >= 0.6 is 0 Å². The molecule has 0 amide bonds. The fraction of sp³-hybridized carbons (Fsp3) is 0.0833. The van der Waals surface area contributed by atoms with Crippen LogP contribution in [-0.4, -0.2) is 14.1 Å². The van der Waals surface area contributed by atoms with Crippen molar-refractivity contribution in [3.63, 3.8) is 0 Å². The zero-order chi connectivity index (χ0) is 19.1. The summed E-state index contributed by atoms with van der Waals surface area (Å²) in [7, 11) is 1.72. The number of ether oxygens (including phenoxy) is 1. The summed E-state index contributed by atoms with van der Waals surface area (Å²) in [5, 5.41) is 9.76. The lowest BCUT2D eigenvalue weighted by atomic mass is 9.65. The van der Waals surface area contributed by atoms with Gasteiger partial charge in [0.1, 0.15) is 5.75 Å². The smallest absolute Gasteiger partial charge is 0.409 e. The SMILES string of the molecule is COc1ccc(-c2ccc(C)cc2)cc1B1Nc2cccc3cccc(c23)N1. The van der Waals surface area contributed by atoms with Crippen LogP contribution in [0.25, 0.3) is 21.9 Å². The Kier molecular flexibility index (Phi) is 3.98. The minimum absolute atomic E-state index is 0.0687. The Balaban J connectivity index is 1.59. The minimum Gasteiger partial charge on any atom is -0.497 e. The number of benzene rings is 4. The number of nitrogens with one attached hydrogen (secondary N) is 2. The quantitative estimate of drug-likeness (QED) is 0.499. The van der Waals surface area contributed by atoms with E-state index in [0.29, 0.717) is 0 Å². The first-order valence-electron chi connectivity index (χ1n) is 9.53. The second kappa shape index (κ2) is 6.64. The maximum Gasteiger partial charge on any atom is 0.409 e. The van der Waals surface area contributed by atoms with Crippen LogP contribution in [0.15, 0.2) is 78.9 Å². The van der Waals surface area contributed by atoms with E-state index in [0.717, 1.165) is 22.6 Å². The predicted octanol–water partition coefficient (Wildman–Crippen LogP) is 5.06. The molecule has 5 rings (SSSR count). The molecule has 4 aromatic rings. The summed E-state index contributed by atoms with van der Waals surface area (Å²) in [5.41, 5.74) is 7.01. The molecular formula is C24H21BN2O. The van der Waals surface area contributed by atoms with Gasteiger partial charge in [-0.05, 0) is 41.6 Å². The lowest BCUT2D eigenvalue weighted by Crippen LogP contribution is -2.48. The van der Waals surface area contributed by atoms with Gasteiger partial charge in [0, 0.05) is 22.2 Å². The molecule has 28 heavy (non-hydrogen) atoms. The second-order valence-electron chi connectivity index (χ2n) is 7.25. The molecular weight excluding hydrogens is 343 g/mol. The molecule has 136 valence electrons. The van der Waals surface area contributed by atoms with Crippen molar-refractivity contribution >= 4 is 34.6 Å². The summed E-state index contributed by atoms with van der Waals surface area (Å²) in [4.78, 5) is 0. The molecule has 4 heteroatoms. The molecule has 1 heterocycles. The van der Waals surface area contributed by atoms with Gasteiger partial charge in [-0.15, -0.1) is 0 Å². The second-order valence-corrected chi connectivity index (χ2v) is 7.25. The van der Waals surface area contributed by atoms with Crippen LogP contribution in [0.4, 0.5) is 11.4 Å². The van der Waals surface area contributed by atoms with Gasteiger partial charge in [-0.25, -0.2) is 0 Å². The molecule has 0 bridgehead atoms. The normalized spacial score (nSPS) is 12.4. The first-order chi connectivity index (χ1) is 13.7. The van der Waals surface area contributed by atoms with Gasteiger partial charge in [-0.3, -0.25) is 0 Å². The number of aryl methyl sites for hydroxylation is 1. The van der Waals surface area contributed by atoms with Crippen molar-refractivity contribution in [3.05, 3.63) is 84.4 Å². The lowest BCUT2D eigenvalue weighted by Gasteiger charge is -2.28. The fourth-order valence-corrected chi connectivity index (χ4v) is 3.97. The molecule has 0 unspecified atom stereocenters. The van der Waals surface area contributed by atoms with Crippen LogP contribution in [0.1, 0.15) is 5.56 Å². The average molecular weight is 364 g/mol. The summed E-state index contributed by atoms with van der Waals surface area (Å²) in [6.07, 6.45) is 0. The third-order valence-electron chi connectivity index (χ3n) is 5.43. The topological polar surface area (TPSA) is 33.3 Å². The summed E-state index contributed by atoms with van der Waals surface area (Å²) in [6.45, 7) is 2.04. The summed E-state index contributed by atoms with van der Waals surface area (Å²) >= 11 is 0. The highest BCUT2D eigenvalue weighted by Gasteiger charge is 2.28. The van der Waals surface area contributed by atoms with Crippen molar-refractivity contribution in [3.8, 4) is 16.9 Å². The first kappa shape index (κ1) is 16.8. The molecule has 3 nitrogen and oxygen atoms in total. The van der Waals surface area contributed by atoms with Gasteiger partial charge >= 0.3 is 6.98 Å². The first-order valence-corrected chi connectivity index (χ1v) is 9.53. The van der Waals surface area contributed by atoms with Gasteiger partial charge in [-0.1, -0.05) is 66.2 Å². The van der Waals surface area contributed by atoms with Gasteiger partial charge in [0.15, 0.2) is 0 Å². The maximum absolute atomic E-state index is 5.69. The molecule has 1 aliphatic rings. The number of methoxy groups -OCH3 is 1. The number of anilines is 2. The van der Waals surface area contributed by atoms with Crippen LogP contribution in [0.3, 0.4) is 0 Å². The highest BCUT2D eigenvalue weighted by molar-refractivity contribution is 6.81. The Morgan fingerprint density at radius 1 is 0.750 bits per heavy atom. The Morgan fingerprint density at radius 3 is 2.04 bits per heavy atom. The van der Waals surface area contributed by atoms with Crippen molar-refractivity contribution in [1.82, 2.24) is 0 Å². The molecule has 0 aromatic heterocycles. The van der Waals surface area contributed by atoms with Gasteiger partial charge < -0.3 is 15.2 Å². The van der Waals surface area contributed by atoms with Crippen LogP contribution in [0.5, 0.6) is 5.75 Å². The van der Waals surface area contributed by atoms with E-state index in [-0.39, 0.29) is 6.98 Å². The molecule has 2 N–H and O–H groups in total. The average Bonchev–Trinajstić information content (AvgIpc) is 2.74. The Bertz CT molecular complexity index is 1130. The number of hydrogen-bond donors (Lipinski definition) is 2. The molecule has 0 fully saturated rings. The van der Waals surface area contributed by atoms with Gasteiger partial charge in [0.2, 0.25) is 0 Å². The van der Waals surface area contributed by atoms with E-state index in [4.69, 9.17) is 4.74 Å². The fourth-order valence-electron chi connectivity index (χ4n) is 3.97. The zero-order valence-corrected chi connectivity index (χ0v) is 16.0. The molecule has 0 spiro atoms. The molecule has 0 saturated carbocycles. The molecule has 0 saturated heterocycles. The van der Waals surface area contributed by atoms with Crippen molar-refractivity contribution in [2.75, 3.05) is 17.6 Å². The van der Waals surface area contributed by atoms with Gasteiger partial charge in [-0.2, -0.15) is 0 Å². The van der Waals surface area contributed by atoms with Crippen LogP contribution in [-0.2, 0) is 0 Å². The van der Waals surface area contributed by atoms with Gasteiger partial charge in [0.05, 0.1) is 7.11 Å². The molecule has 0 atom stereocenters. The Hall–Kier alpha value is -3.40. The van der Waals surface area contributed by atoms with Crippen molar-refractivity contribution < 1.29 is 4.74 Å². The maximum atomic E-state index is 5.69. The summed E-state index contributed by atoms with van der Waals surface area (Å²) in [6, 6.07) is 27.7. The standard InChI is InChI=1S/C24H21BN2O/c1-16-9-11-17(12-10-16)19-13-14-23(28-2)20(15-19)25-26-21-7-3-5-18-6-4-8-22(27-25)24(18)21/h3-15,26-27H,1-2H3. The molecule has 0 radical (unpaired) electrons. The van der Waals surface area contributed by atoms with E-state index in [2.05, 4.69) is 96.2 Å². The summed E-state index contributed by atoms with van der Waals surface area (Å²) < 4.78 is 5.69. The van der Waals surface area contributed by atoms with E-state index in [1.54, 1.807) is 7.11 Å². The van der Waals surface area contributed by atoms with Crippen LogP contribution in [0, 0.1) is 6.92 Å². The van der Waals surface area contributed by atoms with Crippen molar-refractivity contribution in [2.45, 2.75) is 6.92 Å². The molecule has 0 aliphatic carbocycles. The van der Waals surface area contributed by atoms with Gasteiger partial charge in [0.25, 0.3) is 0 Å². The lowest BCUT2D eigenvalue weighted by molar-refractivity contribution is 0.418. The minimum atomic E-state index is -0.0687. The zero-order valence-electron chi connectivity index (χ0n) is 16.0. The third kappa shape index (κ3) is 2.78. The predicted molar refractivity (Wildman–Crippen MR) is 120 cm³/mol. The largest absolute Gasteiger partial charge is 0.497 e.